The molecule has 2 aromatic carbocycles. The third kappa shape index (κ3) is 4.50. The van der Waals surface area contributed by atoms with Crippen molar-refractivity contribution >= 4 is 12.0 Å². The molecule has 1 amide bonds. The van der Waals surface area contributed by atoms with Crippen LogP contribution in [0.2, 0.25) is 0 Å². The average Bonchev–Trinajstić information content (AvgIpc) is 3.16. The average molecular weight is 360 g/mol. The third-order valence-electron chi connectivity index (χ3n) is 4.05. The minimum Gasteiger partial charge on any atom is -0.457 e. The second-order valence-electron chi connectivity index (χ2n) is 5.98. The summed E-state index contributed by atoms with van der Waals surface area (Å²) < 4.78 is 18.7. The third-order valence-corrected chi connectivity index (χ3v) is 4.05. The van der Waals surface area contributed by atoms with Gasteiger partial charge in [-0.3, -0.25) is 4.79 Å². The number of nitriles is 1. The summed E-state index contributed by atoms with van der Waals surface area (Å²) in [6.07, 6.45) is 1.39. The topological polar surface area (TPSA) is 66.0 Å². The Labute approximate surface area is 156 Å². The fraction of sp³-hybridized carbons (Fsp3) is 0.0909. The van der Waals surface area contributed by atoms with E-state index in [0.29, 0.717) is 17.1 Å². The van der Waals surface area contributed by atoms with Gasteiger partial charge in [0.15, 0.2) is 0 Å². The maximum absolute atomic E-state index is 13.0. The second-order valence-corrected chi connectivity index (χ2v) is 5.98. The van der Waals surface area contributed by atoms with Crippen molar-refractivity contribution in [3.05, 3.63) is 89.4 Å². The van der Waals surface area contributed by atoms with E-state index in [2.05, 4.69) is 5.32 Å². The Kier molecular flexibility index (Phi) is 5.48. The quantitative estimate of drug-likeness (QED) is 0.521. The van der Waals surface area contributed by atoms with E-state index in [0.717, 1.165) is 5.56 Å². The molecule has 3 rings (SSSR count). The molecule has 0 unspecified atom stereocenters. The van der Waals surface area contributed by atoms with Gasteiger partial charge < -0.3 is 9.73 Å². The SMILES string of the molecule is C[C@H](NC(=O)/C(C#N)=C/c1ccc(-c2ccc(F)cc2)o1)c1ccccc1. The van der Waals surface area contributed by atoms with Crippen LogP contribution in [0.15, 0.2) is 76.7 Å². The van der Waals surface area contributed by atoms with Crippen molar-refractivity contribution in [2.45, 2.75) is 13.0 Å². The normalized spacial score (nSPS) is 12.3. The maximum Gasteiger partial charge on any atom is 0.262 e. The Morgan fingerprint density at radius 1 is 1.11 bits per heavy atom. The van der Waals surface area contributed by atoms with Gasteiger partial charge >= 0.3 is 0 Å². The molecule has 27 heavy (non-hydrogen) atoms. The molecule has 0 aliphatic carbocycles. The van der Waals surface area contributed by atoms with Crippen molar-refractivity contribution < 1.29 is 13.6 Å². The van der Waals surface area contributed by atoms with E-state index in [1.54, 1.807) is 24.3 Å². The van der Waals surface area contributed by atoms with Crippen LogP contribution in [0.25, 0.3) is 17.4 Å². The Morgan fingerprint density at radius 3 is 2.48 bits per heavy atom. The highest BCUT2D eigenvalue weighted by molar-refractivity contribution is 6.01. The summed E-state index contributed by atoms with van der Waals surface area (Å²) in [5, 5.41) is 12.1. The summed E-state index contributed by atoms with van der Waals surface area (Å²) in [5.74, 6) is 0.0833. The van der Waals surface area contributed by atoms with E-state index in [9.17, 15) is 14.4 Å². The van der Waals surface area contributed by atoms with Crippen LogP contribution >= 0.6 is 0 Å². The van der Waals surface area contributed by atoms with Crippen molar-refractivity contribution in [3.63, 3.8) is 0 Å². The van der Waals surface area contributed by atoms with Gasteiger partial charge in [0.25, 0.3) is 5.91 Å². The maximum atomic E-state index is 13.0. The van der Waals surface area contributed by atoms with Crippen molar-refractivity contribution in [2.75, 3.05) is 0 Å². The number of carbonyl (C=O) groups is 1. The lowest BCUT2D eigenvalue weighted by Gasteiger charge is -2.13. The molecular formula is C22H17FN2O2. The van der Waals surface area contributed by atoms with E-state index in [1.807, 2.05) is 43.3 Å². The zero-order chi connectivity index (χ0) is 19.2. The first-order valence-corrected chi connectivity index (χ1v) is 8.40. The zero-order valence-electron chi connectivity index (χ0n) is 14.6. The van der Waals surface area contributed by atoms with Gasteiger partial charge in [-0.25, -0.2) is 4.39 Å². The van der Waals surface area contributed by atoms with Crippen LogP contribution in [0.3, 0.4) is 0 Å². The molecule has 0 radical (unpaired) electrons. The molecule has 5 heteroatoms. The number of hydrogen-bond donors (Lipinski definition) is 1. The summed E-state index contributed by atoms with van der Waals surface area (Å²) in [7, 11) is 0. The van der Waals surface area contributed by atoms with E-state index in [-0.39, 0.29) is 17.4 Å². The molecular weight excluding hydrogens is 343 g/mol. The number of nitrogens with zero attached hydrogens (tertiary/aromatic N) is 1. The zero-order valence-corrected chi connectivity index (χ0v) is 14.6. The minimum absolute atomic E-state index is 0.0576. The number of nitrogens with one attached hydrogen (secondary N) is 1. The Hall–Kier alpha value is -3.65. The van der Waals surface area contributed by atoms with E-state index in [4.69, 9.17) is 4.42 Å². The predicted octanol–water partition coefficient (Wildman–Crippen LogP) is 4.87. The summed E-state index contributed by atoms with van der Waals surface area (Å²) in [6.45, 7) is 1.85. The number of halogens is 1. The molecule has 0 bridgehead atoms. The Bertz CT molecular complexity index is 999. The first kappa shape index (κ1) is 18.2. The molecule has 1 atom stereocenters. The van der Waals surface area contributed by atoms with Gasteiger partial charge in [0, 0.05) is 11.6 Å². The molecule has 0 aliphatic rings. The number of carbonyl (C=O) groups excluding carboxylic acids is 1. The molecule has 0 fully saturated rings. The Morgan fingerprint density at radius 2 is 1.81 bits per heavy atom. The van der Waals surface area contributed by atoms with Gasteiger partial charge in [0.1, 0.15) is 29.0 Å². The van der Waals surface area contributed by atoms with Crippen molar-refractivity contribution in [1.82, 2.24) is 5.32 Å². The fourth-order valence-corrected chi connectivity index (χ4v) is 2.59. The number of furan rings is 1. The summed E-state index contributed by atoms with van der Waals surface area (Å²) in [6, 6.07) is 20.4. The fourth-order valence-electron chi connectivity index (χ4n) is 2.59. The lowest BCUT2D eigenvalue weighted by atomic mass is 10.1. The van der Waals surface area contributed by atoms with Gasteiger partial charge in [-0.15, -0.1) is 0 Å². The second kappa shape index (κ2) is 8.15. The molecule has 0 aliphatic heterocycles. The smallest absolute Gasteiger partial charge is 0.262 e. The minimum atomic E-state index is -0.478. The van der Waals surface area contributed by atoms with Crippen LogP contribution < -0.4 is 5.32 Å². The first-order chi connectivity index (χ1) is 13.1. The van der Waals surface area contributed by atoms with Gasteiger partial charge in [-0.2, -0.15) is 5.26 Å². The number of amides is 1. The summed E-state index contributed by atoms with van der Waals surface area (Å²) in [4.78, 5) is 12.4. The molecule has 4 nitrogen and oxygen atoms in total. The van der Waals surface area contributed by atoms with Crippen LogP contribution in [0.4, 0.5) is 4.39 Å². The molecule has 1 heterocycles. The molecule has 0 spiro atoms. The highest BCUT2D eigenvalue weighted by atomic mass is 19.1. The van der Waals surface area contributed by atoms with Gasteiger partial charge in [0.2, 0.25) is 0 Å². The van der Waals surface area contributed by atoms with Crippen molar-refractivity contribution in [2.24, 2.45) is 0 Å². The number of hydrogen-bond acceptors (Lipinski definition) is 3. The number of benzene rings is 2. The molecule has 134 valence electrons. The van der Waals surface area contributed by atoms with Gasteiger partial charge in [0.05, 0.1) is 6.04 Å². The highest BCUT2D eigenvalue weighted by Gasteiger charge is 2.14. The van der Waals surface area contributed by atoms with Crippen LogP contribution in [-0.2, 0) is 4.79 Å². The lowest BCUT2D eigenvalue weighted by molar-refractivity contribution is -0.117. The first-order valence-electron chi connectivity index (χ1n) is 8.40. The highest BCUT2D eigenvalue weighted by Crippen LogP contribution is 2.24. The van der Waals surface area contributed by atoms with Crippen molar-refractivity contribution in [1.29, 1.82) is 5.26 Å². The van der Waals surface area contributed by atoms with E-state index < -0.39 is 5.91 Å². The molecule has 0 saturated heterocycles. The molecule has 3 aromatic rings. The van der Waals surface area contributed by atoms with E-state index in [1.165, 1.54) is 18.2 Å². The predicted molar refractivity (Wildman–Crippen MR) is 101 cm³/mol. The van der Waals surface area contributed by atoms with Gasteiger partial charge in [-0.05, 0) is 48.9 Å². The van der Waals surface area contributed by atoms with Crippen LogP contribution in [0, 0.1) is 17.1 Å². The van der Waals surface area contributed by atoms with Crippen LogP contribution in [0.1, 0.15) is 24.3 Å². The van der Waals surface area contributed by atoms with Crippen molar-refractivity contribution in [3.8, 4) is 17.4 Å². The van der Waals surface area contributed by atoms with Crippen LogP contribution in [0.5, 0.6) is 0 Å². The largest absolute Gasteiger partial charge is 0.457 e. The lowest BCUT2D eigenvalue weighted by Crippen LogP contribution is -2.27. The number of rotatable bonds is 5. The monoisotopic (exact) mass is 360 g/mol. The molecule has 0 saturated carbocycles. The molecule has 1 aromatic heterocycles. The standard InChI is InChI=1S/C22H17FN2O2/c1-15(16-5-3-2-4-6-16)25-22(26)18(14-24)13-20-11-12-21(27-20)17-7-9-19(23)10-8-17/h2-13,15H,1H3,(H,25,26)/b18-13+/t15-/m0/s1. The summed E-state index contributed by atoms with van der Waals surface area (Å²) >= 11 is 0. The summed E-state index contributed by atoms with van der Waals surface area (Å²) in [5.41, 5.74) is 1.59. The Balaban J connectivity index is 1.75. The van der Waals surface area contributed by atoms with E-state index >= 15 is 0 Å². The van der Waals surface area contributed by atoms with Crippen LogP contribution in [-0.4, -0.2) is 5.91 Å². The molecule has 1 N–H and O–H groups in total. The van der Waals surface area contributed by atoms with Gasteiger partial charge in [-0.1, -0.05) is 30.3 Å².